The normalized spacial score (nSPS) is 24.1. The van der Waals surface area contributed by atoms with Gasteiger partial charge in [0.25, 0.3) is 0 Å². The second-order valence-electron chi connectivity index (χ2n) is 5.65. The standard InChI is InChI=1S/C16H23.Li/c1-10(2)15-9-16-11(3)6-7-14(16)12(4)8-13(15)5;/h8-10,14H,6-7H2,1-5H3;/q-1;+1. The van der Waals surface area contributed by atoms with E-state index < -0.39 is 0 Å². The van der Waals surface area contributed by atoms with Crippen LogP contribution in [0.1, 0.15) is 47.5 Å². The molecule has 0 radical (unpaired) electrons. The molecule has 0 saturated heterocycles. The molecule has 0 aromatic rings. The number of rotatable bonds is 1. The molecule has 2 rings (SSSR count). The third-order valence-electron chi connectivity index (χ3n) is 4.06. The van der Waals surface area contributed by atoms with Crippen molar-refractivity contribution in [2.45, 2.75) is 47.5 Å². The Morgan fingerprint density at radius 2 is 1.88 bits per heavy atom. The smallest absolute Gasteiger partial charge is 0.215 e. The topological polar surface area (TPSA) is 0 Å². The van der Waals surface area contributed by atoms with Gasteiger partial charge >= 0.3 is 18.9 Å². The molecule has 2 aliphatic rings. The molecule has 0 spiro atoms. The Morgan fingerprint density at radius 1 is 1.24 bits per heavy atom. The van der Waals surface area contributed by atoms with Gasteiger partial charge in [-0.05, 0) is 25.7 Å². The van der Waals surface area contributed by atoms with Crippen LogP contribution >= 0.6 is 0 Å². The summed E-state index contributed by atoms with van der Waals surface area (Å²) in [4.78, 5) is 0. The van der Waals surface area contributed by atoms with E-state index in [1.165, 1.54) is 24.0 Å². The van der Waals surface area contributed by atoms with Gasteiger partial charge in [0.1, 0.15) is 0 Å². The molecule has 1 atom stereocenters. The van der Waals surface area contributed by atoms with Crippen LogP contribution in [0.15, 0.2) is 34.4 Å². The van der Waals surface area contributed by atoms with Gasteiger partial charge in [-0.3, -0.25) is 0 Å². The van der Waals surface area contributed by atoms with E-state index in [1.54, 1.807) is 17.1 Å². The van der Waals surface area contributed by atoms with Crippen molar-refractivity contribution < 1.29 is 18.9 Å². The Bertz CT molecular complexity index is 382. The molecular weight excluding hydrogens is 199 g/mol. The zero-order chi connectivity index (χ0) is 11.9. The quantitative estimate of drug-likeness (QED) is 0.469. The summed E-state index contributed by atoms with van der Waals surface area (Å²) in [5.41, 5.74) is 6.14. The average molecular weight is 222 g/mol. The monoisotopic (exact) mass is 222 g/mol. The maximum Gasteiger partial charge on any atom is 1.00 e. The van der Waals surface area contributed by atoms with E-state index in [0.717, 1.165) is 0 Å². The van der Waals surface area contributed by atoms with Crippen LogP contribution in [0.4, 0.5) is 0 Å². The van der Waals surface area contributed by atoms with Crippen LogP contribution < -0.4 is 18.9 Å². The fraction of sp³-hybridized carbons (Fsp3) is 0.562. The predicted molar refractivity (Wildman–Crippen MR) is 71.0 cm³/mol. The summed E-state index contributed by atoms with van der Waals surface area (Å²) >= 11 is 0. The molecule has 1 unspecified atom stereocenters. The zero-order valence-corrected chi connectivity index (χ0v) is 12.2. The van der Waals surface area contributed by atoms with Crippen LogP contribution in [0.25, 0.3) is 0 Å². The van der Waals surface area contributed by atoms with Gasteiger partial charge in [0.05, 0.1) is 0 Å². The molecular formula is C16H23Li. The van der Waals surface area contributed by atoms with Gasteiger partial charge in [-0.2, -0.15) is 0 Å². The maximum absolute atomic E-state index is 2.47. The van der Waals surface area contributed by atoms with Crippen LogP contribution in [-0.2, 0) is 0 Å². The first kappa shape index (κ1) is 14.7. The Balaban J connectivity index is 0.00000144. The van der Waals surface area contributed by atoms with Gasteiger partial charge in [0, 0.05) is 0 Å². The first-order valence-electron chi connectivity index (χ1n) is 6.44. The van der Waals surface area contributed by atoms with E-state index in [-0.39, 0.29) is 18.9 Å². The van der Waals surface area contributed by atoms with Crippen LogP contribution in [0.2, 0.25) is 0 Å². The molecule has 1 heteroatoms. The predicted octanol–water partition coefficient (Wildman–Crippen LogP) is 1.85. The van der Waals surface area contributed by atoms with Crippen LogP contribution in [0, 0.1) is 17.8 Å². The van der Waals surface area contributed by atoms with Crippen molar-refractivity contribution in [2.24, 2.45) is 11.8 Å². The third-order valence-corrected chi connectivity index (χ3v) is 4.06. The number of allylic oxidation sites excluding steroid dienone is 6. The molecule has 0 bridgehead atoms. The zero-order valence-electron chi connectivity index (χ0n) is 12.2. The summed E-state index contributed by atoms with van der Waals surface area (Å²) < 4.78 is 0. The second-order valence-corrected chi connectivity index (χ2v) is 5.65. The van der Waals surface area contributed by atoms with Crippen molar-refractivity contribution in [1.82, 2.24) is 0 Å². The van der Waals surface area contributed by atoms with Crippen molar-refractivity contribution in [2.75, 3.05) is 0 Å². The molecule has 17 heavy (non-hydrogen) atoms. The first-order chi connectivity index (χ1) is 7.50. The van der Waals surface area contributed by atoms with E-state index in [9.17, 15) is 0 Å². The molecule has 2 aliphatic carbocycles. The Kier molecular flexibility index (Phi) is 4.82. The van der Waals surface area contributed by atoms with Gasteiger partial charge in [0.15, 0.2) is 0 Å². The Hall–Kier alpha value is -0.313. The molecule has 0 heterocycles. The SMILES string of the molecule is CC1=CC(C)=C(C(C)C)C=C2[C-](C)CCC12.[Li+]. The summed E-state index contributed by atoms with van der Waals surface area (Å²) in [6, 6.07) is 0. The van der Waals surface area contributed by atoms with Crippen molar-refractivity contribution in [1.29, 1.82) is 0 Å². The Labute approximate surface area is 118 Å². The summed E-state index contributed by atoms with van der Waals surface area (Å²) in [7, 11) is 0. The van der Waals surface area contributed by atoms with Crippen LogP contribution in [0.3, 0.4) is 0 Å². The van der Waals surface area contributed by atoms with Crippen molar-refractivity contribution in [3.63, 3.8) is 0 Å². The minimum atomic E-state index is 0. The Morgan fingerprint density at radius 3 is 2.47 bits per heavy atom. The summed E-state index contributed by atoms with van der Waals surface area (Å²) in [6.45, 7) is 11.4. The van der Waals surface area contributed by atoms with E-state index in [4.69, 9.17) is 0 Å². The maximum atomic E-state index is 2.47. The van der Waals surface area contributed by atoms with E-state index in [1.807, 2.05) is 0 Å². The van der Waals surface area contributed by atoms with E-state index >= 15 is 0 Å². The first-order valence-corrected chi connectivity index (χ1v) is 6.44. The fourth-order valence-electron chi connectivity index (χ4n) is 3.08. The van der Waals surface area contributed by atoms with E-state index in [2.05, 4.69) is 46.8 Å². The molecule has 1 saturated carbocycles. The van der Waals surface area contributed by atoms with E-state index in [0.29, 0.717) is 11.8 Å². The molecule has 1 fully saturated rings. The second kappa shape index (κ2) is 5.55. The fourth-order valence-corrected chi connectivity index (χ4v) is 3.08. The average Bonchev–Trinajstić information content (AvgIpc) is 2.49. The van der Waals surface area contributed by atoms with Crippen molar-refractivity contribution in [3.8, 4) is 0 Å². The molecule has 0 aromatic heterocycles. The van der Waals surface area contributed by atoms with Gasteiger partial charge < -0.3 is 0 Å². The van der Waals surface area contributed by atoms with Crippen LogP contribution in [0.5, 0.6) is 0 Å². The van der Waals surface area contributed by atoms with Gasteiger partial charge in [0.2, 0.25) is 0 Å². The molecule has 0 aromatic carbocycles. The molecule has 0 nitrogen and oxygen atoms in total. The van der Waals surface area contributed by atoms with Crippen molar-refractivity contribution >= 4 is 0 Å². The largest absolute Gasteiger partial charge is 1.00 e. The molecule has 0 amide bonds. The minimum absolute atomic E-state index is 0. The summed E-state index contributed by atoms with van der Waals surface area (Å²) in [5.74, 6) is 2.93. The summed E-state index contributed by atoms with van der Waals surface area (Å²) in [5, 5.41) is 0. The minimum Gasteiger partial charge on any atom is -0.215 e. The molecule has 0 aliphatic heterocycles. The number of hydrogen-bond donors (Lipinski definition) is 0. The number of hydrogen-bond acceptors (Lipinski definition) is 0. The third kappa shape index (κ3) is 2.75. The van der Waals surface area contributed by atoms with Gasteiger partial charge in [-0.15, -0.1) is 12.5 Å². The summed E-state index contributed by atoms with van der Waals surface area (Å²) in [6.07, 6.45) is 7.48. The molecule has 0 N–H and O–H groups in total. The van der Waals surface area contributed by atoms with Gasteiger partial charge in [-0.25, -0.2) is 17.6 Å². The number of fused-ring (bicyclic) bond motifs is 1. The van der Waals surface area contributed by atoms with Crippen LogP contribution in [-0.4, -0.2) is 0 Å². The molecule has 88 valence electrons. The van der Waals surface area contributed by atoms with Gasteiger partial charge in [-0.1, -0.05) is 43.9 Å². The van der Waals surface area contributed by atoms with Crippen molar-refractivity contribution in [3.05, 3.63) is 40.4 Å².